The van der Waals surface area contributed by atoms with Crippen molar-refractivity contribution >= 4 is 17.4 Å². The first kappa shape index (κ1) is 16.7. The van der Waals surface area contributed by atoms with Crippen LogP contribution in [0.25, 0.3) is 0 Å². The average Bonchev–Trinajstić information content (AvgIpc) is 2.55. The van der Waals surface area contributed by atoms with Gasteiger partial charge in [0.2, 0.25) is 0 Å². The first-order valence-electron chi connectivity index (χ1n) is 7.67. The molecule has 0 aliphatic carbocycles. The van der Waals surface area contributed by atoms with E-state index in [1.165, 1.54) is 6.92 Å². The first-order chi connectivity index (χ1) is 11.0. The van der Waals surface area contributed by atoms with E-state index < -0.39 is 6.10 Å². The Morgan fingerprint density at radius 2 is 1.87 bits per heavy atom. The number of hydrogen-bond acceptors (Lipinski definition) is 3. The molecule has 0 radical (unpaired) electrons. The lowest BCUT2D eigenvalue weighted by Gasteiger charge is -2.17. The van der Waals surface area contributed by atoms with E-state index in [1.807, 2.05) is 31.2 Å². The maximum Gasteiger partial charge on any atom is 0.265 e. The monoisotopic (exact) mass is 311 g/mol. The molecule has 0 fully saturated rings. The highest BCUT2D eigenvalue weighted by Gasteiger charge is 2.16. The maximum absolute atomic E-state index is 12.3. The molecule has 2 aromatic carbocycles. The minimum Gasteiger partial charge on any atom is -0.481 e. The summed E-state index contributed by atoms with van der Waals surface area (Å²) < 4.78 is 5.77. The zero-order valence-electron chi connectivity index (χ0n) is 13.6. The van der Waals surface area contributed by atoms with Gasteiger partial charge in [-0.1, -0.05) is 37.3 Å². The molecule has 0 aromatic heterocycles. The third kappa shape index (κ3) is 4.42. The van der Waals surface area contributed by atoms with Crippen molar-refractivity contribution in [3.8, 4) is 5.75 Å². The van der Waals surface area contributed by atoms with Crippen LogP contribution in [-0.2, 0) is 11.2 Å². The molecular formula is C19H21NO3. The first-order valence-corrected chi connectivity index (χ1v) is 7.67. The molecule has 0 spiro atoms. The van der Waals surface area contributed by atoms with Crippen LogP contribution >= 0.6 is 0 Å². The van der Waals surface area contributed by atoms with Gasteiger partial charge in [0.05, 0.1) is 0 Å². The van der Waals surface area contributed by atoms with Crippen LogP contribution < -0.4 is 10.1 Å². The van der Waals surface area contributed by atoms with Crippen LogP contribution in [0.4, 0.5) is 5.69 Å². The van der Waals surface area contributed by atoms with Crippen molar-refractivity contribution in [2.75, 3.05) is 5.32 Å². The Morgan fingerprint density at radius 1 is 1.13 bits per heavy atom. The highest BCUT2D eigenvalue weighted by atomic mass is 16.5. The average molecular weight is 311 g/mol. The fraction of sp³-hybridized carbons (Fsp3) is 0.263. The third-order valence-electron chi connectivity index (χ3n) is 3.56. The maximum atomic E-state index is 12.3. The molecular weight excluding hydrogens is 290 g/mol. The SMILES string of the molecule is CCc1ccccc1O[C@H](C)C(=O)Nc1cccc(C(C)=O)c1. The summed E-state index contributed by atoms with van der Waals surface area (Å²) in [7, 11) is 0. The second kappa shape index (κ2) is 7.58. The topological polar surface area (TPSA) is 55.4 Å². The number of para-hydroxylation sites is 1. The van der Waals surface area contributed by atoms with Gasteiger partial charge in [-0.05, 0) is 44.0 Å². The summed E-state index contributed by atoms with van der Waals surface area (Å²) >= 11 is 0. The van der Waals surface area contributed by atoms with E-state index in [1.54, 1.807) is 31.2 Å². The summed E-state index contributed by atoms with van der Waals surface area (Å²) in [6, 6.07) is 14.5. The van der Waals surface area contributed by atoms with Gasteiger partial charge in [0.25, 0.3) is 5.91 Å². The Bertz CT molecular complexity index is 709. The second-order valence-electron chi connectivity index (χ2n) is 5.35. The largest absolute Gasteiger partial charge is 0.481 e. The van der Waals surface area contributed by atoms with Crippen LogP contribution in [0.5, 0.6) is 5.75 Å². The van der Waals surface area contributed by atoms with E-state index in [-0.39, 0.29) is 11.7 Å². The molecule has 0 bridgehead atoms. The summed E-state index contributed by atoms with van der Waals surface area (Å²) in [6.45, 7) is 5.24. The number of anilines is 1. The lowest BCUT2D eigenvalue weighted by molar-refractivity contribution is -0.122. The van der Waals surface area contributed by atoms with E-state index in [2.05, 4.69) is 5.32 Å². The number of amides is 1. The van der Waals surface area contributed by atoms with Gasteiger partial charge in [-0.3, -0.25) is 9.59 Å². The molecule has 2 aromatic rings. The fourth-order valence-electron chi connectivity index (χ4n) is 2.21. The Balaban J connectivity index is 2.05. The molecule has 2 rings (SSSR count). The van der Waals surface area contributed by atoms with Gasteiger partial charge < -0.3 is 10.1 Å². The molecule has 1 N–H and O–H groups in total. The summed E-state index contributed by atoms with van der Waals surface area (Å²) in [5.74, 6) is 0.425. The van der Waals surface area contributed by atoms with Gasteiger partial charge in [-0.25, -0.2) is 0 Å². The summed E-state index contributed by atoms with van der Waals surface area (Å²) in [6.07, 6.45) is 0.203. The molecule has 0 heterocycles. The normalized spacial score (nSPS) is 11.6. The second-order valence-corrected chi connectivity index (χ2v) is 5.35. The van der Waals surface area contributed by atoms with Gasteiger partial charge in [-0.2, -0.15) is 0 Å². The van der Waals surface area contributed by atoms with Crippen molar-refractivity contribution in [3.05, 3.63) is 59.7 Å². The number of ketones is 1. The van der Waals surface area contributed by atoms with Crippen molar-refractivity contribution in [2.24, 2.45) is 0 Å². The zero-order valence-corrected chi connectivity index (χ0v) is 13.6. The van der Waals surface area contributed by atoms with Crippen molar-refractivity contribution in [1.82, 2.24) is 0 Å². The number of hydrogen-bond donors (Lipinski definition) is 1. The predicted molar refractivity (Wildman–Crippen MR) is 91.0 cm³/mol. The molecule has 4 nitrogen and oxygen atoms in total. The molecule has 0 aliphatic heterocycles. The van der Waals surface area contributed by atoms with Crippen LogP contribution in [0, 0.1) is 0 Å². The van der Waals surface area contributed by atoms with Gasteiger partial charge >= 0.3 is 0 Å². The lowest BCUT2D eigenvalue weighted by atomic mass is 10.1. The summed E-state index contributed by atoms with van der Waals surface area (Å²) in [5.41, 5.74) is 2.21. The molecule has 0 saturated carbocycles. The van der Waals surface area contributed by atoms with Gasteiger partial charge in [0.15, 0.2) is 11.9 Å². The Kier molecular flexibility index (Phi) is 5.52. The minimum atomic E-state index is -0.635. The molecule has 0 saturated heterocycles. The number of aryl methyl sites for hydroxylation is 1. The van der Waals surface area contributed by atoms with Gasteiger partial charge in [0.1, 0.15) is 5.75 Å². The number of ether oxygens (including phenoxy) is 1. The molecule has 0 unspecified atom stereocenters. The van der Waals surface area contributed by atoms with E-state index in [0.717, 1.165) is 17.7 Å². The number of benzene rings is 2. The predicted octanol–water partition coefficient (Wildman–Crippen LogP) is 3.86. The zero-order chi connectivity index (χ0) is 16.8. The third-order valence-corrected chi connectivity index (χ3v) is 3.56. The molecule has 4 heteroatoms. The number of nitrogens with one attached hydrogen (secondary N) is 1. The van der Waals surface area contributed by atoms with Crippen molar-refractivity contribution < 1.29 is 14.3 Å². The van der Waals surface area contributed by atoms with Gasteiger partial charge in [0, 0.05) is 11.3 Å². The van der Waals surface area contributed by atoms with E-state index in [0.29, 0.717) is 11.3 Å². The molecule has 1 amide bonds. The van der Waals surface area contributed by atoms with Crippen LogP contribution in [0.15, 0.2) is 48.5 Å². The number of Topliss-reactive ketones (excluding diaryl/α,β-unsaturated/α-hetero) is 1. The van der Waals surface area contributed by atoms with E-state index >= 15 is 0 Å². The number of rotatable bonds is 6. The standard InChI is InChI=1S/C19H21NO3/c1-4-15-8-5-6-11-18(15)23-14(3)19(22)20-17-10-7-9-16(12-17)13(2)21/h5-12,14H,4H2,1-3H3,(H,20,22)/t14-/m1/s1. The fourth-order valence-corrected chi connectivity index (χ4v) is 2.21. The quantitative estimate of drug-likeness (QED) is 0.824. The van der Waals surface area contributed by atoms with Crippen LogP contribution in [-0.4, -0.2) is 17.8 Å². The summed E-state index contributed by atoms with van der Waals surface area (Å²) in [5, 5.41) is 2.78. The highest BCUT2D eigenvalue weighted by Crippen LogP contribution is 2.20. The smallest absolute Gasteiger partial charge is 0.265 e. The number of carbonyl (C=O) groups is 2. The lowest BCUT2D eigenvalue weighted by Crippen LogP contribution is -2.30. The number of carbonyl (C=O) groups excluding carboxylic acids is 2. The van der Waals surface area contributed by atoms with Crippen LogP contribution in [0.1, 0.15) is 36.7 Å². The molecule has 0 aliphatic rings. The Morgan fingerprint density at radius 3 is 2.57 bits per heavy atom. The minimum absolute atomic E-state index is 0.0396. The van der Waals surface area contributed by atoms with Crippen LogP contribution in [0.2, 0.25) is 0 Å². The highest BCUT2D eigenvalue weighted by molar-refractivity contribution is 5.98. The molecule has 120 valence electrons. The van der Waals surface area contributed by atoms with Gasteiger partial charge in [-0.15, -0.1) is 0 Å². The molecule has 23 heavy (non-hydrogen) atoms. The summed E-state index contributed by atoms with van der Waals surface area (Å²) in [4.78, 5) is 23.7. The Hall–Kier alpha value is -2.62. The van der Waals surface area contributed by atoms with E-state index in [9.17, 15) is 9.59 Å². The van der Waals surface area contributed by atoms with E-state index in [4.69, 9.17) is 4.74 Å². The van der Waals surface area contributed by atoms with Crippen LogP contribution in [0.3, 0.4) is 0 Å². The molecule has 1 atom stereocenters. The van der Waals surface area contributed by atoms with Crippen molar-refractivity contribution in [1.29, 1.82) is 0 Å². The Labute approximate surface area is 136 Å². The van der Waals surface area contributed by atoms with Crippen molar-refractivity contribution in [2.45, 2.75) is 33.3 Å². The van der Waals surface area contributed by atoms with Crippen molar-refractivity contribution in [3.63, 3.8) is 0 Å².